The Hall–Kier alpha value is -1.89. The molecule has 0 saturated carbocycles. The molecule has 0 aliphatic heterocycles. The fourth-order valence-corrected chi connectivity index (χ4v) is 1.50. The van der Waals surface area contributed by atoms with Crippen LogP contribution in [0.1, 0.15) is 5.82 Å². The van der Waals surface area contributed by atoms with Crippen molar-refractivity contribution in [3.63, 3.8) is 0 Å². The van der Waals surface area contributed by atoms with E-state index < -0.39 is 0 Å². The first kappa shape index (κ1) is 12.6. The molecule has 0 spiro atoms. The number of nitrogens with zero attached hydrogens (tertiary/aromatic N) is 6. The van der Waals surface area contributed by atoms with Crippen LogP contribution in [0.25, 0.3) is 0 Å². The van der Waals surface area contributed by atoms with E-state index in [1.54, 1.807) is 11.1 Å². The normalized spacial score (nSPS) is 10.4. The lowest BCUT2D eigenvalue weighted by molar-refractivity contribution is 0.805. The molecule has 18 heavy (non-hydrogen) atoms. The van der Waals surface area contributed by atoms with Crippen molar-refractivity contribution in [2.75, 3.05) is 24.3 Å². The van der Waals surface area contributed by atoms with E-state index in [4.69, 9.17) is 11.6 Å². The Labute approximate surface area is 110 Å². The van der Waals surface area contributed by atoms with E-state index in [1.165, 1.54) is 0 Å². The first-order chi connectivity index (χ1) is 8.56. The molecule has 96 valence electrons. The van der Waals surface area contributed by atoms with Gasteiger partial charge in [0.25, 0.3) is 0 Å². The van der Waals surface area contributed by atoms with Crippen LogP contribution in [0.15, 0.2) is 12.4 Å². The minimum atomic E-state index is 0.163. The number of hydrogen-bond acceptors (Lipinski definition) is 6. The van der Waals surface area contributed by atoms with Crippen LogP contribution in [0.3, 0.4) is 0 Å². The van der Waals surface area contributed by atoms with Crippen molar-refractivity contribution in [1.29, 1.82) is 0 Å². The molecule has 0 saturated heterocycles. The second-order valence-corrected chi connectivity index (χ2v) is 4.27. The van der Waals surface area contributed by atoms with E-state index in [-0.39, 0.29) is 5.28 Å². The van der Waals surface area contributed by atoms with Gasteiger partial charge in [0.2, 0.25) is 17.2 Å². The Morgan fingerprint density at radius 2 is 2.11 bits per heavy atom. The number of nitrogens with one attached hydrogen (secondary N) is 1. The van der Waals surface area contributed by atoms with E-state index in [0.29, 0.717) is 18.4 Å². The lowest BCUT2D eigenvalue weighted by Crippen LogP contribution is -2.15. The maximum Gasteiger partial charge on any atom is 0.230 e. The van der Waals surface area contributed by atoms with E-state index >= 15 is 0 Å². The van der Waals surface area contributed by atoms with Gasteiger partial charge in [-0.25, -0.2) is 4.98 Å². The third-order valence-electron chi connectivity index (χ3n) is 2.32. The summed E-state index contributed by atoms with van der Waals surface area (Å²) in [5.41, 5.74) is 0. The average Bonchev–Trinajstić information content (AvgIpc) is 2.71. The summed E-state index contributed by atoms with van der Waals surface area (Å²) in [5, 5.41) is 3.23. The third kappa shape index (κ3) is 2.86. The van der Waals surface area contributed by atoms with Gasteiger partial charge in [0.15, 0.2) is 0 Å². The molecule has 0 fully saturated rings. The van der Waals surface area contributed by atoms with Gasteiger partial charge >= 0.3 is 0 Å². The topological polar surface area (TPSA) is 71.8 Å². The molecule has 0 bridgehead atoms. The molecule has 1 N–H and O–H groups in total. The number of aryl methyl sites for hydroxylation is 1. The second-order valence-electron chi connectivity index (χ2n) is 3.93. The zero-order valence-electron chi connectivity index (χ0n) is 10.4. The van der Waals surface area contributed by atoms with Crippen LogP contribution >= 0.6 is 11.6 Å². The van der Waals surface area contributed by atoms with Crippen LogP contribution in [0, 0.1) is 0 Å². The summed E-state index contributed by atoms with van der Waals surface area (Å²) in [4.78, 5) is 18.2. The fourth-order valence-electron chi connectivity index (χ4n) is 1.34. The maximum atomic E-state index is 5.84. The summed E-state index contributed by atoms with van der Waals surface area (Å²) in [6, 6.07) is 0. The lowest BCUT2D eigenvalue weighted by atomic mass is 10.6. The Balaban J connectivity index is 2.12. The van der Waals surface area contributed by atoms with E-state index in [9.17, 15) is 0 Å². The van der Waals surface area contributed by atoms with Gasteiger partial charge in [-0.05, 0) is 11.6 Å². The van der Waals surface area contributed by atoms with Crippen molar-refractivity contribution < 1.29 is 0 Å². The quantitative estimate of drug-likeness (QED) is 0.889. The van der Waals surface area contributed by atoms with Gasteiger partial charge in [0, 0.05) is 33.5 Å². The summed E-state index contributed by atoms with van der Waals surface area (Å²) in [7, 11) is 5.61. The number of halogens is 1. The lowest BCUT2D eigenvalue weighted by Gasteiger charge is -2.11. The Bertz CT molecular complexity index is 537. The molecule has 2 heterocycles. The van der Waals surface area contributed by atoms with Crippen molar-refractivity contribution in [2.45, 2.75) is 6.54 Å². The minimum Gasteiger partial charge on any atom is -0.347 e. The van der Waals surface area contributed by atoms with Crippen LogP contribution in [0.5, 0.6) is 0 Å². The molecule has 0 atom stereocenters. The summed E-state index contributed by atoms with van der Waals surface area (Å²) in [6.45, 7) is 0.525. The van der Waals surface area contributed by atoms with Gasteiger partial charge in [-0.1, -0.05) is 0 Å². The molecule has 2 aromatic heterocycles. The predicted molar refractivity (Wildman–Crippen MR) is 69.7 cm³/mol. The molecule has 2 aromatic rings. The molecule has 0 aliphatic rings. The molecular formula is C10H14ClN7. The van der Waals surface area contributed by atoms with Gasteiger partial charge in [-0.2, -0.15) is 15.0 Å². The Morgan fingerprint density at radius 1 is 1.33 bits per heavy atom. The van der Waals surface area contributed by atoms with E-state index in [2.05, 4.69) is 25.3 Å². The number of anilines is 2. The predicted octanol–water partition coefficient (Wildman–Crippen LogP) is 0.937. The van der Waals surface area contributed by atoms with Gasteiger partial charge < -0.3 is 14.8 Å². The highest BCUT2D eigenvalue weighted by Gasteiger charge is 2.07. The highest BCUT2D eigenvalue weighted by molar-refractivity contribution is 6.28. The molecule has 0 aliphatic carbocycles. The van der Waals surface area contributed by atoms with Crippen molar-refractivity contribution in [1.82, 2.24) is 24.5 Å². The molecule has 2 rings (SSSR count). The summed E-state index contributed by atoms with van der Waals surface area (Å²) in [5.74, 6) is 1.83. The number of aromatic nitrogens is 5. The number of hydrogen-bond donors (Lipinski definition) is 1. The molecule has 7 nitrogen and oxygen atoms in total. The van der Waals surface area contributed by atoms with Gasteiger partial charge in [-0.3, -0.25) is 0 Å². The van der Waals surface area contributed by atoms with Gasteiger partial charge in [0.1, 0.15) is 5.82 Å². The van der Waals surface area contributed by atoms with Gasteiger partial charge in [-0.15, -0.1) is 0 Å². The molecule has 0 aromatic carbocycles. The average molecular weight is 268 g/mol. The van der Waals surface area contributed by atoms with Crippen LogP contribution < -0.4 is 10.2 Å². The van der Waals surface area contributed by atoms with Crippen LogP contribution in [-0.2, 0) is 13.6 Å². The Morgan fingerprint density at radius 3 is 2.72 bits per heavy atom. The van der Waals surface area contributed by atoms with E-state index in [0.717, 1.165) is 5.82 Å². The number of rotatable bonds is 4. The van der Waals surface area contributed by atoms with Crippen LogP contribution in [-0.4, -0.2) is 38.6 Å². The summed E-state index contributed by atoms with van der Waals surface area (Å²) >= 11 is 5.84. The molecule has 8 heteroatoms. The Kier molecular flexibility index (Phi) is 3.61. The standard InChI is InChI=1S/C10H14ClN7/c1-17(2)10-15-8(11)14-9(16-10)13-6-7-12-4-5-18(7)3/h4-5H,6H2,1-3H3,(H,13,14,15,16). The first-order valence-electron chi connectivity index (χ1n) is 5.35. The SMILES string of the molecule is CN(C)c1nc(Cl)nc(NCc2nccn2C)n1. The highest BCUT2D eigenvalue weighted by Crippen LogP contribution is 2.11. The minimum absolute atomic E-state index is 0.163. The van der Waals surface area contributed by atoms with Crippen molar-refractivity contribution in [3.05, 3.63) is 23.5 Å². The fraction of sp³-hybridized carbons (Fsp3) is 0.400. The molecule has 0 unspecified atom stereocenters. The smallest absolute Gasteiger partial charge is 0.230 e. The molecular weight excluding hydrogens is 254 g/mol. The highest BCUT2D eigenvalue weighted by atomic mass is 35.5. The second kappa shape index (κ2) is 5.18. The summed E-state index contributed by atoms with van der Waals surface area (Å²) in [6.07, 6.45) is 3.62. The zero-order chi connectivity index (χ0) is 13.1. The largest absolute Gasteiger partial charge is 0.347 e. The van der Waals surface area contributed by atoms with Crippen molar-refractivity contribution in [3.8, 4) is 0 Å². The first-order valence-corrected chi connectivity index (χ1v) is 5.73. The maximum absolute atomic E-state index is 5.84. The monoisotopic (exact) mass is 267 g/mol. The van der Waals surface area contributed by atoms with Crippen molar-refractivity contribution in [2.24, 2.45) is 7.05 Å². The molecule has 0 amide bonds. The molecule has 0 radical (unpaired) electrons. The van der Waals surface area contributed by atoms with Crippen LogP contribution in [0.4, 0.5) is 11.9 Å². The summed E-state index contributed by atoms with van der Waals surface area (Å²) < 4.78 is 1.92. The zero-order valence-corrected chi connectivity index (χ0v) is 11.2. The van der Waals surface area contributed by atoms with Crippen molar-refractivity contribution >= 4 is 23.5 Å². The van der Waals surface area contributed by atoms with E-state index in [1.807, 2.05) is 31.9 Å². The number of imidazole rings is 1. The van der Waals surface area contributed by atoms with Crippen LogP contribution in [0.2, 0.25) is 5.28 Å². The third-order valence-corrected chi connectivity index (χ3v) is 2.49. The van der Waals surface area contributed by atoms with Gasteiger partial charge in [0.05, 0.1) is 6.54 Å².